The third-order valence-electron chi connectivity index (χ3n) is 2.55. The standard InChI is InChI=1S/C15H16N4O3S/c1-3-22-15(20)13(19-21-2)14-17-11(16)9-12(18-14)23-10-7-5-4-6-8-10/h4-9H,3H2,1-2H3,(H2,16,17,18)/b19-13-. The number of nitrogen functional groups attached to an aromatic ring is 1. The fourth-order valence-electron chi connectivity index (χ4n) is 1.67. The number of hydrogen-bond acceptors (Lipinski definition) is 8. The van der Waals surface area contributed by atoms with Crippen molar-refractivity contribution in [1.82, 2.24) is 9.97 Å². The lowest BCUT2D eigenvalue weighted by Crippen LogP contribution is -2.22. The van der Waals surface area contributed by atoms with E-state index in [1.54, 1.807) is 13.0 Å². The Bertz CT molecular complexity index is 707. The highest BCUT2D eigenvalue weighted by Gasteiger charge is 2.21. The minimum Gasteiger partial charge on any atom is -0.461 e. The van der Waals surface area contributed by atoms with Gasteiger partial charge in [-0.2, -0.15) is 0 Å². The number of anilines is 1. The third kappa shape index (κ3) is 4.68. The second-order valence-electron chi connectivity index (χ2n) is 4.21. The van der Waals surface area contributed by atoms with Crippen molar-refractivity contribution in [3.63, 3.8) is 0 Å². The van der Waals surface area contributed by atoms with Gasteiger partial charge in [-0.05, 0) is 19.1 Å². The predicted octanol–water partition coefficient (Wildman–Crippen LogP) is 2.12. The summed E-state index contributed by atoms with van der Waals surface area (Å²) in [6.45, 7) is 1.90. The van der Waals surface area contributed by atoms with Crippen molar-refractivity contribution >= 4 is 29.3 Å². The number of nitrogens with zero attached hydrogens (tertiary/aromatic N) is 3. The molecule has 0 aliphatic heterocycles. The smallest absolute Gasteiger partial charge is 0.364 e. The number of nitrogens with two attached hydrogens (primary N) is 1. The van der Waals surface area contributed by atoms with E-state index in [1.165, 1.54) is 18.9 Å². The first-order valence-corrected chi connectivity index (χ1v) is 7.61. The molecule has 0 atom stereocenters. The van der Waals surface area contributed by atoms with Crippen molar-refractivity contribution in [1.29, 1.82) is 0 Å². The van der Waals surface area contributed by atoms with E-state index in [-0.39, 0.29) is 24.0 Å². The molecule has 0 saturated carbocycles. The minimum absolute atomic E-state index is 0.0590. The quantitative estimate of drug-likeness (QED) is 0.374. The van der Waals surface area contributed by atoms with Crippen LogP contribution in [-0.4, -0.2) is 35.4 Å². The summed E-state index contributed by atoms with van der Waals surface area (Å²) in [5, 5.41) is 4.24. The maximum absolute atomic E-state index is 12.0. The Morgan fingerprint density at radius 1 is 1.30 bits per heavy atom. The number of carbonyl (C=O) groups excluding carboxylic acids is 1. The van der Waals surface area contributed by atoms with E-state index in [9.17, 15) is 4.79 Å². The van der Waals surface area contributed by atoms with Crippen molar-refractivity contribution in [2.45, 2.75) is 16.8 Å². The average Bonchev–Trinajstić information content (AvgIpc) is 2.53. The fraction of sp³-hybridized carbons (Fsp3) is 0.200. The Morgan fingerprint density at radius 2 is 2.04 bits per heavy atom. The SMILES string of the molecule is CCOC(=O)/C(=N\OC)c1nc(N)cc(Sc2ccccc2)n1. The predicted molar refractivity (Wildman–Crippen MR) is 87.2 cm³/mol. The Morgan fingerprint density at radius 3 is 2.70 bits per heavy atom. The highest BCUT2D eigenvalue weighted by Crippen LogP contribution is 2.26. The molecule has 0 amide bonds. The molecule has 0 aliphatic rings. The summed E-state index contributed by atoms with van der Waals surface area (Å²) in [5.41, 5.74) is 5.68. The van der Waals surface area contributed by atoms with Crippen LogP contribution in [0.2, 0.25) is 0 Å². The molecule has 1 aromatic heterocycles. The highest BCUT2D eigenvalue weighted by atomic mass is 32.2. The molecule has 0 aliphatic carbocycles. The lowest BCUT2D eigenvalue weighted by Gasteiger charge is -2.07. The number of oxime groups is 1. The van der Waals surface area contributed by atoms with Crippen LogP contribution >= 0.6 is 11.8 Å². The van der Waals surface area contributed by atoms with Crippen LogP contribution in [0, 0.1) is 0 Å². The van der Waals surface area contributed by atoms with Crippen molar-refractivity contribution < 1.29 is 14.4 Å². The van der Waals surface area contributed by atoms with Gasteiger partial charge in [0.25, 0.3) is 0 Å². The summed E-state index contributed by atoms with van der Waals surface area (Å²) in [5.74, 6) is -0.388. The molecule has 8 heteroatoms. The molecule has 0 unspecified atom stereocenters. The van der Waals surface area contributed by atoms with Gasteiger partial charge < -0.3 is 15.3 Å². The number of rotatable bonds is 6. The molecule has 0 fully saturated rings. The minimum atomic E-state index is -0.671. The van der Waals surface area contributed by atoms with Gasteiger partial charge in [-0.15, -0.1) is 0 Å². The molecular formula is C15H16N4O3S. The zero-order valence-electron chi connectivity index (χ0n) is 12.7. The van der Waals surface area contributed by atoms with Gasteiger partial charge in [0.05, 0.1) is 6.61 Å². The molecule has 0 spiro atoms. The number of aromatic nitrogens is 2. The summed E-state index contributed by atoms with van der Waals surface area (Å²) in [7, 11) is 1.32. The lowest BCUT2D eigenvalue weighted by atomic mass is 10.3. The van der Waals surface area contributed by atoms with Crippen LogP contribution in [0.4, 0.5) is 5.82 Å². The van der Waals surface area contributed by atoms with Crippen molar-refractivity contribution in [2.24, 2.45) is 5.16 Å². The van der Waals surface area contributed by atoms with E-state index < -0.39 is 5.97 Å². The normalized spacial score (nSPS) is 11.1. The molecule has 2 N–H and O–H groups in total. The number of hydrogen-bond donors (Lipinski definition) is 1. The van der Waals surface area contributed by atoms with Gasteiger partial charge in [0, 0.05) is 11.0 Å². The van der Waals surface area contributed by atoms with Crippen LogP contribution in [0.3, 0.4) is 0 Å². The van der Waals surface area contributed by atoms with Gasteiger partial charge in [0.2, 0.25) is 5.71 Å². The van der Waals surface area contributed by atoms with Gasteiger partial charge in [-0.3, -0.25) is 0 Å². The van der Waals surface area contributed by atoms with Crippen LogP contribution in [-0.2, 0) is 14.4 Å². The first-order valence-electron chi connectivity index (χ1n) is 6.80. The van der Waals surface area contributed by atoms with Gasteiger partial charge in [-0.1, -0.05) is 35.1 Å². The Kier molecular flexibility index (Phi) is 5.93. The molecule has 120 valence electrons. The van der Waals surface area contributed by atoms with Gasteiger partial charge in [-0.25, -0.2) is 14.8 Å². The Hall–Kier alpha value is -2.61. The van der Waals surface area contributed by atoms with Crippen molar-refractivity contribution in [3.8, 4) is 0 Å². The largest absolute Gasteiger partial charge is 0.461 e. The van der Waals surface area contributed by atoms with Gasteiger partial charge >= 0.3 is 5.97 Å². The van der Waals surface area contributed by atoms with Crippen LogP contribution in [0.25, 0.3) is 0 Å². The molecule has 7 nitrogen and oxygen atoms in total. The Labute approximate surface area is 137 Å². The van der Waals surface area contributed by atoms with Crippen LogP contribution in [0.5, 0.6) is 0 Å². The van der Waals surface area contributed by atoms with Crippen molar-refractivity contribution in [2.75, 3.05) is 19.5 Å². The first kappa shape index (κ1) is 16.8. The van der Waals surface area contributed by atoms with E-state index >= 15 is 0 Å². The maximum atomic E-state index is 12.0. The molecule has 2 aromatic rings. The summed E-state index contributed by atoms with van der Waals surface area (Å²) in [6.07, 6.45) is 0. The van der Waals surface area contributed by atoms with Gasteiger partial charge in [0.15, 0.2) is 5.82 Å². The van der Waals surface area contributed by atoms with Crippen LogP contribution in [0.1, 0.15) is 12.7 Å². The molecule has 0 bridgehead atoms. The summed E-state index contributed by atoms with van der Waals surface area (Å²) >= 11 is 1.40. The number of benzene rings is 1. The fourth-order valence-corrected chi connectivity index (χ4v) is 2.52. The van der Waals surface area contributed by atoms with E-state index in [4.69, 9.17) is 10.5 Å². The summed E-state index contributed by atoms with van der Waals surface area (Å²) < 4.78 is 4.93. The summed E-state index contributed by atoms with van der Waals surface area (Å²) in [4.78, 5) is 26.0. The molecule has 0 saturated heterocycles. The molecular weight excluding hydrogens is 316 g/mol. The maximum Gasteiger partial charge on any atom is 0.364 e. The Balaban J connectivity index is 2.35. The summed E-state index contributed by atoms with van der Waals surface area (Å²) in [6, 6.07) is 11.3. The molecule has 23 heavy (non-hydrogen) atoms. The molecule has 1 aromatic carbocycles. The number of ether oxygens (including phenoxy) is 1. The van der Waals surface area contributed by atoms with Crippen LogP contribution < -0.4 is 5.73 Å². The molecule has 0 radical (unpaired) electrons. The van der Waals surface area contributed by atoms with E-state index in [1.807, 2.05) is 30.3 Å². The average molecular weight is 332 g/mol. The van der Waals surface area contributed by atoms with Gasteiger partial charge in [0.1, 0.15) is 18.0 Å². The number of carbonyl (C=O) groups is 1. The third-order valence-corrected chi connectivity index (χ3v) is 3.48. The zero-order valence-corrected chi connectivity index (χ0v) is 13.5. The molecule has 2 rings (SSSR count). The second-order valence-corrected chi connectivity index (χ2v) is 5.31. The molecule has 1 heterocycles. The van der Waals surface area contributed by atoms with E-state index in [0.29, 0.717) is 5.03 Å². The van der Waals surface area contributed by atoms with Crippen LogP contribution in [0.15, 0.2) is 51.5 Å². The number of esters is 1. The topological polar surface area (TPSA) is 99.7 Å². The zero-order chi connectivity index (χ0) is 16.7. The lowest BCUT2D eigenvalue weighted by molar-refractivity contribution is -0.135. The van der Waals surface area contributed by atoms with E-state index in [0.717, 1.165) is 4.90 Å². The first-order chi connectivity index (χ1) is 11.1. The highest BCUT2D eigenvalue weighted by molar-refractivity contribution is 7.99. The monoisotopic (exact) mass is 332 g/mol. The van der Waals surface area contributed by atoms with Crippen molar-refractivity contribution in [3.05, 3.63) is 42.2 Å². The van der Waals surface area contributed by atoms with E-state index in [2.05, 4.69) is 20.0 Å². The second kappa shape index (κ2) is 8.14.